The number of carbonyl (C=O) groups is 1. The number of hydrogen-bond donors (Lipinski definition) is 1. The molecule has 3 rings (SSSR count). The molecule has 0 aliphatic carbocycles. The summed E-state index contributed by atoms with van der Waals surface area (Å²) in [4.78, 5) is 23.3. The van der Waals surface area contributed by atoms with Gasteiger partial charge < -0.3 is 10.2 Å². The van der Waals surface area contributed by atoms with Crippen LogP contribution in [0.4, 0.5) is 20.2 Å². The lowest BCUT2D eigenvalue weighted by Gasteiger charge is -2.37. The lowest BCUT2D eigenvalue weighted by atomic mass is 9.91. The SMILES string of the molecule is O=C1NC[C@@H]2[C@H]1CCCN2c1ccc(S(=O)(=O)C(F)F)cc1[N+](=O)[O-]. The maximum atomic E-state index is 12.7. The van der Waals surface area contributed by atoms with Crippen LogP contribution in [0.1, 0.15) is 12.8 Å². The van der Waals surface area contributed by atoms with E-state index in [1.165, 1.54) is 6.07 Å². The first kappa shape index (κ1) is 17.5. The van der Waals surface area contributed by atoms with Gasteiger partial charge in [0.1, 0.15) is 5.69 Å². The molecule has 0 saturated carbocycles. The van der Waals surface area contributed by atoms with Gasteiger partial charge in [0.05, 0.1) is 21.8 Å². The van der Waals surface area contributed by atoms with Gasteiger partial charge in [0.15, 0.2) is 0 Å². The Morgan fingerprint density at radius 1 is 1.36 bits per heavy atom. The number of fused-ring (bicyclic) bond motifs is 1. The molecule has 2 heterocycles. The zero-order chi connectivity index (χ0) is 18.4. The number of halogens is 2. The van der Waals surface area contributed by atoms with E-state index in [2.05, 4.69) is 5.32 Å². The van der Waals surface area contributed by atoms with Crippen molar-refractivity contribution in [3.05, 3.63) is 28.3 Å². The molecule has 0 bridgehead atoms. The minimum absolute atomic E-state index is 0.116. The van der Waals surface area contributed by atoms with E-state index < -0.39 is 31.1 Å². The molecule has 1 N–H and O–H groups in total. The van der Waals surface area contributed by atoms with Crippen molar-refractivity contribution in [1.29, 1.82) is 0 Å². The molecule has 136 valence electrons. The van der Waals surface area contributed by atoms with Crippen LogP contribution in [0.15, 0.2) is 23.1 Å². The van der Waals surface area contributed by atoms with Crippen molar-refractivity contribution in [3.63, 3.8) is 0 Å². The normalized spacial score (nSPS) is 23.5. The van der Waals surface area contributed by atoms with Crippen LogP contribution in [-0.4, -0.2) is 44.1 Å². The van der Waals surface area contributed by atoms with E-state index in [9.17, 15) is 32.1 Å². The van der Waals surface area contributed by atoms with Crippen LogP contribution in [0.25, 0.3) is 0 Å². The Morgan fingerprint density at radius 3 is 2.72 bits per heavy atom. The van der Waals surface area contributed by atoms with Crippen molar-refractivity contribution in [2.45, 2.75) is 29.5 Å². The van der Waals surface area contributed by atoms with E-state index in [1.54, 1.807) is 4.90 Å². The van der Waals surface area contributed by atoms with Crippen molar-refractivity contribution < 1.29 is 26.9 Å². The van der Waals surface area contributed by atoms with E-state index >= 15 is 0 Å². The minimum atomic E-state index is -4.93. The van der Waals surface area contributed by atoms with Gasteiger partial charge >= 0.3 is 5.76 Å². The third-order valence-electron chi connectivity index (χ3n) is 4.62. The van der Waals surface area contributed by atoms with Gasteiger partial charge in [-0.05, 0) is 25.0 Å². The van der Waals surface area contributed by atoms with Crippen molar-refractivity contribution in [2.24, 2.45) is 5.92 Å². The Kier molecular flexibility index (Phi) is 4.35. The summed E-state index contributed by atoms with van der Waals surface area (Å²) in [5.41, 5.74) is -0.439. The molecular weight excluding hydrogens is 360 g/mol. The lowest BCUT2D eigenvalue weighted by molar-refractivity contribution is -0.384. The molecule has 1 aromatic carbocycles. The molecule has 1 amide bonds. The fourth-order valence-corrected chi connectivity index (χ4v) is 4.16. The highest BCUT2D eigenvalue weighted by molar-refractivity contribution is 7.91. The standard InChI is InChI=1S/C14H15F2N3O5S/c15-14(16)25(23,24)8-3-4-10(11(6-8)19(21)22)18-5-1-2-9-12(18)7-17-13(9)20/h3-4,6,9,12,14H,1-2,5,7H2,(H,17,20)/t9-,12-/m1/s1. The minimum Gasteiger partial charge on any atom is -0.360 e. The maximum absolute atomic E-state index is 12.7. The number of rotatable bonds is 4. The number of amides is 1. The Hall–Kier alpha value is -2.30. The van der Waals surface area contributed by atoms with Gasteiger partial charge in [0.25, 0.3) is 5.69 Å². The Bertz CT molecular complexity index is 830. The number of piperidine rings is 1. The number of anilines is 1. The van der Waals surface area contributed by atoms with Crippen LogP contribution in [-0.2, 0) is 14.6 Å². The highest BCUT2D eigenvalue weighted by atomic mass is 32.2. The summed E-state index contributed by atoms with van der Waals surface area (Å²) in [6.45, 7) is 0.787. The topological polar surface area (TPSA) is 110 Å². The van der Waals surface area contributed by atoms with E-state index in [0.29, 0.717) is 32.0 Å². The maximum Gasteiger partial charge on any atom is 0.341 e. The molecule has 2 aliphatic rings. The fraction of sp³-hybridized carbons (Fsp3) is 0.500. The number of hydrogen-bond acceptors (Lipinski definition) is 6. The number of alkyl halides is 2. The molecule has 25 heavy (non-hydrogen) atoms. The number of sulfone groups is 1. The van der Waals surface area contributed by atoms with Crippen molar-refractivity contribution in [2.75, 3.05) is 18.0 Å². The quantitative estimate of drug-likeness (QED) is 0.628. The first-order chi connectivity index (χ1) is 11.7. The number of carbonyl (C=O) groups excluding carboxylic acids is 1. The zero-order valence-electron chi connectivity index (χ0n) is 12.9. The Balaban J connectivity index is 2.05. The molecular formula is C14H15F2N3O5S. The largest absolute Gasteiger partial charge is 0.360 e. The highest BCUT2D eigenvalue weighted by Crippen LogP contribution is 2.38. The van der Waals surface area contributed by atoms with Gasteiger partial charge in [-0.25, -0.2) is 8.42 Å². The Morgan fingerprint density at radius 2 is 2.08 bits per heavy atom. The molecule has 2 atom stereocenters. The summed E-state index contributed by atoms with van der Waals surface area (Å²) >= 11 is 0. The fourth-order valence-electron chi connectivity index (χ4n) is 3.42. The summed E-state index contributed by atoms with van der Waals surface area (Å²) in [7, 11) is -4.93. The first-order valence-corrected chi connectivity index (χ1v) is 9.13. The number of benzene rings is 1. The van der Waals surface area contributed by atoms with Gasteiger partial charge in [-0.2, -0.15) is 8.78 Å². The molecule has 2 fully saturated rings. The predicted molar refractivity (Wildman–Crippen MR) is 83.2 cm³/mol. The van der Waals surface area contributed by atoms with Gasteiger partial charge in [-0.1, -0.05) is 0 Å². The summed E-state index contributed by atoms with van der Waals surface area (Å²) < 4.78 is 48.5. The second kappa shape index (κ2) is 6.21. The molecule has 0 aromatic heterocycles. The van der Waals surface area contributed by atoms with Crippen LogP contribution in [0.2, 0.25) is 0 Å². The summed E-state index contributed by atoms with van der Waals surface area (Å²) in [6.07, 6.45) is 1.31. The number of nitrogens with one attached hydrogen (secondary N) is 1. The molecule has 1 aromatic rings. The van der Waals surface area contributed by atoms with Crippen molar-refractivity contribution in [1.82, 2.24) is 5.32 Å². The van der Waals surface area contributed by atoms with Crippen LogP contribution >= 0.6 is 0 Å². The Labute approximate surface area is 141 Å². The summed E-state index contributed by atoms with van der Waals surface area (Å²) in [5, 5.41) is 14.1. The average Bonchev–Trinajstić information content (AvgIpc) is 2.95. The lowest BCUT2D eigenvalue weighted by Crippen LogP contribution is -2.45. The first-order valence-electron chi connectivity index (χ1n) is 7.58. The van der Waals surface area contributed by atoms with Crippen LogP contribution in [0.5, 0.6) is 0 Å². The third kappa shape index (κ3) is 2.92. The van der Waals surface area contributed by atoms with Gasteiger partial charge in [-0.3, -0.25) is 14.9 Å². The molecule has 11 heteroatoms. The zero-order valence-corrected chi connectivity index (χ0v) is 13.7. The van der Waals surface area contributed by atoms with Gasteiger partial charge in [0.2, 0.25) is 15.7 Å². The molecule has 0 unspecified atom stereocenters. The van der Waals surface area contributed by atoms with Crippen LogP contribution < -0.4 is 10.2 Å². The number of nitro benzene ring substituents is 1. The molecule has 0 radical (unpaired) electrons. The van der Waals surface area contributed by atoms with Crippen LogP contribution in [0.3, 0.4) is 0 Å². The molecule has 8 nitrogen and oxygen atoms in total. The van der Waals surface area contributed by atoms with Crippen LogP contribution in [0, 0.1) is 16.0 Å². The third-order valence-corrected chi connectivity index (χ3v) is 6.00. The summed E-state index contributed by atoms with van der Waals surface area (Å²) in [6, 6.07) is 2.48. The van der Waals surface area contributed by atoms with Gasteiger partial charge in [-0.15, -0.1) is 0 Å². The van der Waals surface area contributed by atoms with Crippen molar-refractivity contribution in [3.8, 4) is 0 Å². The van der Waals surface area contributed by atoms with Crippen molar-refractivity contribution >= 4 is 27.1 Å². The highest BCUT2D eigenvalue weighted by Gasteiger charge is 2.42. The van der Waals surface area contributed by atoms with E-state index in [-0.39, 0.29) is 23.6 Å². The molecule has 2 aliphatic heterocycles. The molecule has 0 spiro atoms. The number of nitro groups is 1. The van der Waals surface area contributed by atoms with E-state index in [1.807, 2.05) is 0 Å². The summed E-state index contributed by atoms with van der Waals surface area (Å²) in [5.74, 6) is -4.07. The van der Waals surface area contributed by atoms with E-state index in [4.69, 9.17) is 0 Å². The number of nitrogens with zero attached hydrogens (tertiary/aromatic N) is 2. The average molecular weight is 375 g/mol. The monoisotopic (exact) mass is 375 g/mol. The van der Waals surface area contributed by atoms with E-state index in [0.717, 1.165) is 6.07 Å². The molecule has 2 saturated heterocycles. The predicted octanol–water partition coefficient (Wildman–Crippen LogP) is 1.31. The second-order valence-electron chi connectivity index (χ2n) is 5.97. The second-order valence-corrected chi connectivity index (χ2v) is 7.89. The van der Waals surface area contributed by atoms with Gasteiger partial charge in [0, 0.05) is 19.2 Å². The smallest absolute Gasteiger partial charge is 0.341 e.